The van der Waals surface area contributed by atoms with Gasteiger partial charge in [0.25, 0.3) is 5.91 Å². The molecule has 23 heavy (non-hydrogen) atoms. The van der Waals surface area contributed by atoms with Crippen LogP contribution in [0.2, 0.25) is 0 Å². The Morgan fingerprint density at radius 2 is 1.57 bits per heavy atom. The monoisotopic (exact) mass is 304 g/mol. The number of hydrogen-bond acceptors (Lipinski definition) is 4. The van der Waals surface area contributed by atoms with Crippen molar-refractivity contribution in [3.8, 4) is 0 Å². The molecule has 1 amide bonds. The molecule has 2 aromatic carbocycles. The summed E-state index contributed by atoms with van der Waals surface area (Å²) in [6.45, 7) is 0. The number of benzene rings is 2. The van der Waals surface area contributed by atoms with Gasteiger partial charge < -0.3 is 15.1 Å². The van der Waals surface area contributed by atoms with E-state index in [0.717, 1.165) is 11.4 Å². The number of fused-ring (bicyclic) bond motifs is 2. The fourth-order valence-corrected chi connectivity index (χ4v) is 2.53. The zero-order valence-electron chi connectivity index (χ0n) is 12.0. The van der Waals surface area contributed by atoms with Gasteiger partial charge in [0.05, 0.1) is 16.8 Å². The molecule has 4 rings (SSSR count). The molecule has 3 aromatic rings. The Labute approximate surface area is 131 Å². The van der Waals surface area contributed by atoms with Crippen molar-refractivity contribution in [1.29, 1.82) is 0 Å². The van der Waals surface area contributed by atoms with Crippen molar-refractivity contribution >= 4 is 34.3 Å². The maximum absolute atomic E-state index is 12.1. The molecule has 0 atom stereocenters. The van der Waals surface area contributed by atoms with Gasteiger partial charge in [-0.2, -0.15) is 0 Å². The molecule has 1 aliphatic rings. The highest BCUT2D eigenvalue weighted by atomic mass is 16.3. The topological polar surface area (TPSA) is 71.3 Å². The van der Waals surface area contributed by atoms with E-state index in [4.69, 9.17) is 4.42 Å². The fourth-order valence-electron chi connectivity index (χ4n) is 2.53. The van der Waals surface area contributed by atoms with E-state index >= 15 is 0 Å². The van der Waals surface area contributed by atoms with Gasteiger partial charge in [0, 0.05) is 12.1 Å². The maximum atomic E-state index is 12.1. The van der Waals surface area contributed by atoms with E-state index in [-0.39, 0.29) is 11.3 Å². The molecule has 0 fully saturated rings. The van der Waals surface area contributed by atoms with Crippen LogP contribution in [0.1, 0.15) is 5.76 Å². The molecule has 0 aliphatic carbocycles. The van der Waals surface area contributed by atoms with E-state index < -0.39 is 0 Å². The average Bonchev–Trinajstić information content (AvgIpc) is 2.56. The van der Waals surface area contributed by atoms with Crippen LogP contribution in [-0.4, -0.2) is 5.91 Å². The lowest BCUT2D eigenvalue weighted by atomic mass is 10.1. The third-order valence-electron chi connectivity index (χ3n) is 3.63. The number of hydrogen-bond donors (Lipinski definition) is 2. The molecule has 1 aromatic heterocycles. The Bertz CT molecular complexity index is 1020. The molecule has 0 bridgehead atoms. The highest BCUT2D eigenvalue weighted by Crippen LogP contribution is 2.28. The summed E-state index contributed by atoms with van der Waals surface area (Å²) in [5.74, 6) is 0.0465. The molecule has 2 N–H and O–H groups in total. The van der Waals surface area contributed by atoms with Gasteiger partial charge in [-0.3, -0.25) is 9.59 Å². The van der Waals surface area contributed by atoms with E-state index in [1.165, 1.54) is 12.1 Å². The van der Waals surface area contributed by atoms with E-state index in [0.29, 0.717) is 22.4 Å². The third kappa shape index (κ3) is 2.38. The Hall–Kier alpha value is -3.34. The van der Waals surface area contributed by atoms with Crippen molar-refractivity contribution in [1.82, 2.24) is 0 Å². The van der Waals surface area contributed by atoms with Crippen LogP contribution in [0, 0.1) is 0 Å². The molecule has 0 radical (unpaired) electrons. The van der Waals surface area contributed by atoms with E-state index in [9.17, 15) is 9.59 Å². The van der Waals surface area contributed by atoms with Crippen molar-refractivity contribution in [3.05, 3.63) is 76.3 Å². The first-order chi connectivity index (χ1) is 11.2. The Balaban J connectivity index is 1.79. The Kier molecular flexibility index (Phi) is 2.98. The molecule has 5 heteroatoms. The highest BCUT2D eigenvalue weighted by Gasteiger charge is 2.19. The van der Waals surface area contributed by atoms with E-state index in [2.05, 4.69) is 10.6 Å². The summed E-state index contributed by atoms with van der Waals surface area (Å²) in [6.07, 6.45) is 1.53. The molecule has 1 aliphatic heterocycles. The number of para-hydroxylation sites is 3. The molecule has 0 spiro atoms. The number of rotatable bonds is 1. The summed E-state index contributed by atoms with van der Waals surface area (Å²) < 4.78 is 5.69. The number of carbonyl (C=O) groups is 1. The lowest BCUT2D eigenvalue weighted by molar-refractivity contribution is -0.112. The van der Waals surface area contributed by atoms with Crippen LogP contribution in [0.15, 0.2) is 69.5 Å². The molecular weight excluding hydrogens is 292 g/mol. The summed E-state index contributed by atoms with van der Waals surface area (Å²) in [6, 6.07) is 15.8. The van der Waals surface area contributed by atoms with Crippen LogP contribution in [0.25, 0.3) is 17.0 Å². The fraction of sp³-hybridized carbons (Fsp3) is 0. The largest absolute Gasteiger partial charge is 0.456 e. The van der Waals surface area contributed by atoms with Crippen molar-refractivity contribution < 1.29 is 9.21 Å². The van der Waals surface area contributed by atoms with Crippen LogP contribution in [0.5, 0.6) is 0 Å². The minimum Gasteiger partial charge on any atom is -0.456 e. The van der Waals surface area contributed by atoms with E-state index in [1.54, 1.807) is 24.3 Å². The van der Waals surface area contributed by atoms with Gasteiger partial charge in [0.1, 0.15) is 17.0 Å². The molecule has 0 saturated carbocycles. The van der Waals surface area contributed by atoms with Crippen LogP contribution in [0.3, 0.4) is 0 Å². The predicted octanol–water partition coefficient (Wildman–Crippen LogP) is 3.20. The molecule has 0 saturated heterocycles. The van der Waals surface area contributed by atoms with Gasteiger partial charge in [-0.25, -0.2) is 0 Å². The minimum absolute atomic E-state index is 0.143. The molecule has 112 valence electrons. The predicted molar refractivity (Wildman–Crippen MR) is 89.2 cm³/mol. The molecule has 2 heterocycles. The molecule has 5 nitrogen and oxygen atoms in total. The van der Waals surface area contributed by atoms with Crippen molar-refractivity contribution in [2.24, 2.45) is 0 Å². The first kappa shape index (κ1) is 13.3. The van der Waals surface area contributed by atoms with Crippen LogP contribution in [-0.2, 0) is 4.79 Å². The standard InChI is InChI=1S/C18H12N2O3/c21-16-10-11(23-17-8-4-1-5-12(16)17)9-15-18(22)20-14-7-3-2-6-13(14)19-15/h1-10,19H,(H,20,22). The van der Waals surface area contributed by atoms with Gasteiger partial charge in [-0.05, 0) is 24.3 Å². The minimum atomic E-state index is -0.278. The SMILES string of the molecule is O=C1Nc2ccccc2NC1=Cc1cc(=O)c2ccccc2o1. The van der Waals surface area contributed by atoms with Crippen molar-refractivity contribution in [3.63, 3.8) is 0 Å². The maximum Gasteiger partial charge on any atom is 0.272 e. The second kappa shape index (κ2) is 5.14. The first-order valence-electron chi connectivity index (χ1n) is 7.13. The number of nitrogens with one attached hydrogen (secondary N) is 2. The van der Waals surface area contributed by atoms with Crippen LogP contribution >= 0.6 is 0 Å². The van der Waals surface area contributed by atoms with Crippen LogP contribution < -0.4 is 16.1 Å². The number of carbonyl (C=O) groups excluding carboxylic acids is 1. The lowest BCUT2D eigenvalue weighted by Gasteiger charge is -2.20. The van der Waals surface area contributed by atoms with Gasteiger partial charge in [0.15, 0.2) is 5.43 Å². The molecule has 0 unspecified atom stereocenters. The summed E-state index contributed by atoms with van der Waals surface area (Å²) in [5.41, 5.74) is 2.18. The van der Waals surface area contributed by atoms with Crippen molar-refractivity contribution in [2.45, 2.75) is 0 Å². The van der Waals surface area contributed by atoms with E-state index in [1.807, 2.05) is 24.3 Å². The normalized spacial score (nSPS) is 15.1. The summed E-state index contributed by atoms with van der Waals surface area (Å²) in [7, 11) is 0. The van der Waals surface area contributed by atoms with Gasteiger partial charge >= 0.3 is 0 Å². The zero-order chi connectivity index (χ0) is 15.8. The zero-order valence-corrected chi connectivity index (χ0v) is 12.0. The third-order valence-corrected chi connectivity index (χ3v) is 3.63. The Morgan fingerprint density at radius 3 is 2.39 bits per heavy atom. The number of anilines is 2. The Morgan fingerprint density at radius 1 is 0.870 bits per heavy atom. The second-order valence-corrected chi connectivity index (χ2v) is 5.19. The van der Waals surface area contributed by atoms with Gasteiger partial charge in [0.2, 0.25) is 0 Å². The average molecular weight is 304 g/mol. The quantitative estimate of drug-likeness (QED) is 0.677. The highest BCUT2D eigenvalue weighted by molar-refractivity contribution is 6.13. The molecular formula is C18H12N2O3. The van der Waals surface area contributed by atoms with Crippen LogP contribution in [0.4, 0.5) is 11.4 Å². The smallest absolute Gasteiger partial charge is 0.272 e. The second-order valence-electron chi connectivity index (χ2n) is 5.19. The lowest BCUT2D eigenvalue weighted by Crippen LogP contribution is -2.25. The summed E-state index contributed by atoms with van der Waals surface area (Å²) in [4.78, 5) is 24.3. The summed E-state index contributed by atoms with van der Waals surface area (Å²) >= 11 is 0. The van der Waals surface area contributed by atoms with Gasteiger partial charge in [-0.15, -0.1) is 0 Å². The first-order valence-corrected chi connectivity index (χ1v) is 7.13. The van der Waals surface area contributed by atoms with Gasteiger partial charge in [-0.1, -0.05) is 24.3 Å². The summed E-state index contributed by atoms with van der Waals surface area (Å²) in [5, 5.41) is 6.36. The van der Waals surface area contributed by atoms with Crippen molar-refractivity contribution in [2.75, 3.05) is 10.6 Å². The number of amides is 1.